The number of ether oxygens (including phenoxy) is 1. The van der Waals surface area contributed by atoms with Gasteiger partial charge in [0.2, 0.25) is 5.82 Å². The molecule has 20 heavy (non-hydrogen) atoms. The summed E-state index contributed by atoms with van der Waals surface area (Å²) in [6.45, 7) is -0.472. The quantitative estimate of drug-likeness (QED) is 0.429. The van der Waals surface area contributed by atoms with Crippen LogP contribution in [0.3, 0.4) is 0 Å². The zero-order valence-corrected chi connectivity index (χ0v) is 10.2. The Morgan fingerprint density at radius 2 is 2.15 bits per heavy atom. The summed E-state index contributed by atoms with van der Waals surface area (Å²) in [4.78, 5) is 31.2. The number of carboxylic acid groups (broad SMARTS) is 1. The number of nitrogens with one attached hydrogen (secondary N) is 1. The molecule has 9 heteroatoms. The summed E-state index contributed by atoms with van der Waals surface area (Å²) >= 11 is 0. The molecule has 8 nitrogen and oxygen atoms in total. The Bertz CT molecular complexity index is 534. The summed E-state index contributed by atoms with van der Waals surface area (Å²) in [6.07, 6.45) is 0. The van der Waals surface area contributed by atoms with E-state index in [4.69, 9.17) is 5.11 Å². The van der Waals surface area contributed by atoms with Crippen molar-refractivity contribution in [3.63, 3.8) is 0 Å². The molecule has 0 saturated carbocycles. The van der Waals surface area contributed by atoms with Crippen LogP contribution in [0.4, 0.5) is 10.1 Å². The molecule has 0 spiro atoms. The zero-order valence-electron chi connectivity index (χ0n) is 10.2. The Morgan fingerprint density at radius 3 is 2.70 bits per heavy atom. The number of hydrogen-bond acceptors (Lipinski definition) is 5. The molecule has 2 N–H and O–H groups in total. The lowest BCUT2D eigenvalue weighted by Gasteiger charge is -2.05. The van der Waals surface area contributed by atoms with Gasteiger partial charge in [0.05, 0.1) is 11.5 Å². The summed E-state index contributed by atoms with van der Waals surface area (Å²) < 4.78 is 18.0. The summed E-state index contributed by atoms with van der Waals surface area (Å²) in [5.41, 5.74) is -0.794. The van der Waals surface area contributed by atoms with Gasteiger partial charge in [-0.2, -0.15) is 4.39 Å². The van der Waals surface area contributed by atoms with E-state index < -0.39 is 34.9 Å². The maximum atomic E-state index is 13.3. The van der Waals surface area contributed by atoms with E-state index in [1.54, 1.807) is 0 Å². The van der Waals surface area contributed by atoms with Gasteiger partial charge in [0, 0.05) is 18.2 Å². The molecular weight excluding hydrogens is 275 g/mol. The lowest BCUT2D eigenvalue weighted by atomic mass is 10.2. The van der Waals surface area contributed by atoms with Crippen LogP contribution in [0.5, 0.6) is 0 Å². The van der Waals surface area contributed by atoms with Gasteiger partial charge in [-0.05, 0) is 12.1 Å². The number of nitro benzene ring substituents is 1. The van der Waals surface area contributed by atoms with Crippen molar-refractivity contribution >= 4 is 17.6 Å². The van der Waals surface area contributed by atoms with E-state index in [0.29, 0.717) is 0 Å². The Hall–Kier alpha value is -2.55. The van der Waals surface area contributed by atoms with Gasteiger partial charge >= 0.3 is 11.7 Å². The predicted octanol–water partition coefficient (Wildman–Crippen LogP) is 0.565. The van der Waals surface area contributed by atoms with E-state index in [1.807, 2.05) is 0 Å². The highest BCUT2D eigenvalue weighted by molar-refractivity contribution is 5.94. The van der Waals surface area contributed by atoms with Crippen molar-refractivity contribution in [3.05, 3.63) is 39.7 Å². The number of carbonyl (C=O) groups excluding carboxylic acids is 1. The van der Waals surface area contributed by atoms with Crippen LogP contribution in [0.25, 0.3) is 0 Å². The molecule has 1 aromatic carbocycles. The van der Waals surface area contributed by atoms with Crippen LogP contribution >= 0.6 is 0 Å². The summed E-state index contributed by atoms with van der Waals surface area (Å²) in [5.74, 6) is -2.88. The van der Waals surface area contributed by atoms with Crippen molar-refractivity contribution in [3.8, 4) is 0 Å². The largest absolute Gasteiger partial charge is 0.480 e. The van der Waals surface area contributed by atoms with Crippen molar-refractivity contribution in [2.45, 2.75) is 0 Å². The van der Waals surface area contributed by atoms with E-state index >= 15 is 0 Å². The van der Waals surface area contributed by atoms with E-state index in [0.717, 1.165) is 18.2 Å². The second kappa shape index (κ2) is 7.14. The molecule has 0 saturated heterocycles. The van der Waals surface area contributed by atoms with Gasteiger partial charge in [-0.15, -0.1) is 0 Å². The molecule has 0 aliphatic heterocycles. The molecule has 1 rings (SSSR count). The van der Waals surface area contributed by atoms with Crippen molar-refractivity contribution in [2.24, 2.45) is 0 Å². The van der Waals surface area contributed by atoms with Gasteiger partial charge in [-0.3, -0.25) is 14.9 Å². The number of rotatable bonds is 7. The van der Waals surface area contributed by atoms with Crippen molar-refractivity contribution < 1.29 is 28.7 Å². The molecule has 0 heterocycles. The fourth-order valence-corrected chi connectivity index (χ4v) is 1.29. The highest BCUT2D eigenvalue weighted by Gasteiger charge is 2.16. The Labute approximate surface area is 112 Å². The zero-order chi connectivity index (χ0) is 15.1. The van der Waals surface area contributed by atoms with Crippen molar-refractivity contribution in [2.75, 3.05) is 19.8 Å². The third-order valence-corrected chi connectivity index (χ3v) is 2.16. The molecule has 0 bridgehead atoms. The van der Waals surface area contributed by atoms with Crippen molar-refractivity contribution in [1.29, 1.82) is 0 Å². The third kappa shape index (κ3) is 4.61. The number of aliphatic carboxylic acids is 1. The molecule has 0 atom stereocenters. The maximum Gasteiger partial charge on any atom is 0.329 e. The fraction of sp³-hybridized carbons (Fsp3) is 0.273. The minimum Gasteiger partial charge on any atom is -0.480 e. The van der Waals surface area contributed by atoms with Crippen LogP contribution in [0, 0.1) is 15.9 Å². The molecule has 1 amide bonds. The van der Waals surface area contributed by atoms with Crippen LogP contribution in [0.15, 0.2) is 18.2 Å². The third-order valence-electron chi connectivity index (χ3n) is 2.16. The monoisotopic (exact) mass is 286 g/mol. The van der Waals surface area contributed by atoms with E-state index in [-0.39, 0.29) is 18.7 Å². The van der Waals surface area contributed by atoms with E-state index in [9.17, 15) is 24.1 Å². The van der Waals surface area contributed by atoms with Gasteiger partial charge in [-0.25, -0.2) is 4.79 Å². The van der Waals surface area contributed by atoms with Crippen LogP contribution in [0.2, 0.25) is 0 Å². The number of nitro groups is 1. The molecule has 0 aliphatic carbocycles. The first-order valence-corrected chi connectivity index (χ1v) is 5.43. The number of halogens is 1. The SMILES string of the molecule is O=C(O)COCCNC(=O)c1ccc([N+](=O)[O-])c(F)c1. The summed E-state index contributed by atoms with van der Waals surface area (Å²) in [7, 11) is 0. The molecule has 0 unspecified atom stereocenters. The Balaban J connectivity index is 2.50. The number of amides is 1. The molecule has 108 valence electrons. The normalized spacial score (nSPS) is 10.1. The highest BCUT2D eigenvalue weighted by atomic mass is 19.1. The molecule has 0 radical (unpaired) electrons. The lowest BCUT2D eigenvalue weighted by Crippen LogP contribution is -2.28. The average Bonchev–Trinajstić information content (AvgIpc) is 2.37. The summed E-state index contributed by atoms with van der Waals surface area (Å²) in [6, 6.07) is 2.77. The predicted molar refractivity (Wildman–Crippen MR) is 63.8 cm³/mol. The van der Waals surface area contributed by atoms with Crippen LogP contribution in [-0.4, -0.2) is 41.7 Å². The van der Waals surface area contributed by atoms with E-state index in [1.165, 1.54) is 0 Å². The molecular formula is C11H11FN2O6. The first-order chi connectivity index (χ1) is 9.41. The minimum absolute atomic E-state index is 0.0203. The smallest absolute Gasteiger partial charge is 0.329 e. The first kappa shape index (κ1) is 15.5. The molecule has 0 aliphatic rings. The topological polar surface area (TPSA) is 119 Å². The number of benzene rings is 1. The average molecular weight is 286 g/mol. The Morgan fingerprint density at radius 1 is 1.45 bits per heavy atom. The lowest BCUT2D eigenvalue weighted by molar-refractivity contribution is -0.387. The number of hydrogen-bond donors (Lipinski definition) is 2. The number of carboxylic acids is 1. The van der Waals surface area contributed by atoms with E-state index in [2.05, 4.69) is 10.1 Å². The Kier molecular flexibility index (Phi) is 5.54. The number of nitrogens with zero attached hydrogens (tertiary/aromatic N) is 1. The number of carbonyl (C=O) groups is 2. The second-order valence-electron chi connectivity index (χ2n) is 3.63. The fourth-order valence-electron chi connectivity index (χ4n) is 1.29. The maximum absolute atomic E-state index is 13.3. The van der Waals surface area contributed by atoms with Gasteiger partial charge in [0.25, 0.3) is 5.91 Å². The standard InChI is InChI=1S/C11H11FN2O6/c12-8-5-7(1-2-9(8)14(18)19)11(17)13-3-4-20-6-10(15)16/h1-2,5H,3-4,6H2,(H,13,17)(H,15,16). The van der Waals surface area contributed by atoms with Gasteiger partial charge in [0.1, 0.15) is 6.61 Å². The molecule has 1 aromatic rings. The van der Waals surface area contributed by atoms with Gasteiger partial charge in [-0.1, -0.05) is 0 Å². The van der Waals surface area contributed by atoms with Crippen molar-refractivity contribution in [1.82, 2.24) is 5.32 Å². The van der Waals surface area contributed by atoms with Crippen LogP contribution in [-0.2, 0) is 9.53 Å². The summed E-state index contributed by atoms with van der Waals surface area (Å²) in [5, 5.41) is 21.0. The van der Waals surface area contributed by atoms with Gasteiger partial charge in [0.15, 0.2) is 0 Å². The first-order valence-electron chi connectivity index (χ1n) is 5.43. The highest BCUT2D eigenvalue weighted by Crippen LogP contribution is 2.17. The second-order valence-corrected chi connectivity index (χ2v) is 3.63. The molecule has 0 fully saturated rings. The molecule has 0 aromatic heterocycles. The van der Waals surface area contributed by atoms with Crippen LogP contribution in [0.1, 0.15) is 10.4 Å². The van der Waals surface area contributed by atoms with Gasteiger partial charge < -0.3 is 15.2 Å². The van der Waals surface area contributed by atoms with Crippen LogP contribution < -0.4 is 5.32 Å². The minimum atomic E-state index is -1.13.